The highest BCUT2D eigenvalue weighted by molar-refractivity contribution is 9.10. The zero-order chi connectivity index (χ0) is 11.1. The van der Waals surface area contributed by atoms with Crippen LogP contribution >= 0.6 is 15.9 Å². The molecule has 0 aliphatic heterocycles. The molecule has 0 radical (unpaired) electrons. The molecule has 0 saturated heterocycles. The number of hydrogen-bond donors (Lipinski definition) is 1. The van der Waals surface area contributed by atoms with E-state index in [1.54, 1.807) is 12.4 Å². The highest BCUT2D eigenvalue weighted by Crippen LogP contribution is 2.08. The van der Waals surface area contributed by atoms with Gasteiger partial charge < -0.3 is 5.32 Å². The Hall–Kier alpha value is -0.640. The van der Waals surface area contributed by atoms with E-state index < -0.39 is 0 Å². The van der Waals surface area contributed by atoms with Gasteiger partial charge in [0.2, 0.25) is 5.95 Å². The number of rotatable bonds is 6. The van der Waals surface area contributed by atoms with E-state index in [4.69, 9.17) is 0 Å². The Bertz CT molecular complexity index is 272. The second kappa shape index (κ2) is 6.77. The van der Waals surface area contributed by atoms with Crippen molar-refractivity contribution in [1.29, 1.82) is 0 Å². The van der Waals surface area contributed by atoms with E-state index in [2.05, 4.69) is 45.1 Å². The summed E-state index contributed by atoms with van der Waals surface area (Å²) < 4.78 is 0.910. The minimum atomic E-state index is 0.711. The smallest absolute Gasteiger partial charge is 0.222 e. The highest BCUT2D eigenvalue weighted by Gasteiger charge is 1.96. The summed E-state index contributed by atoms with van der Waals surface area (Å²) >= 11 is 3.30. The summed E-state index contributed by atoms with van der Waals surface area (Å²) in [4.78, 5) is 8.28. The van der Waals surface area contributed by atoms with Crippen LogP contribution in [0.4, 0.5) is 5.95 Å². The second-order valence-electron chi connectivity index (χ2n) is 4.04. The molecule has 1 rings (SSSR count). The lowest BCUT2D eigenvalue weighted by Gasteiger charge is -2.05. The molecule has 0 saturated carbocycles. The lowest BCUT2D eigenvalue weighted by molar-refractivity contribution is 0.544. The minimum absolute atomic E-state index is 0.711. The third-order valence-electron chi connectivity index (χ3n) is 2.11. The normalized spacial score (nSPS) is 10.7. The van der Waals surface area contributed by atoms with Crippen LogP contribution < -0.4 is 5.32 Å². The van der Waals surface area contributed by atoms with E-state index in [0.717, 1.165) is 16.9 Å². The van der Waals surface area contributed by atoms with Gasteiger partial charge >= 0.3 is 0 Å². The Morgan fingerprint density at radius 3 is 2.53 bits per heavy atom. The molecule has 15 heavy (non-hydrogen) atoms. The van der Waals surface area contributed by atoms with Crippen LogP contribution in [0.5, 0.6) is 0 Å². The number of nitrogens with zero attached hydrogens (tertiary/aromatic N) is 2. The molecule has 0 amide bonds. The van der Waals surface area contributed by atoms with E-state index in [1.807, 2.05) is 0 Å². The third kappa shape index (κ3) is 5.72. The second-order valence-corrected chi connectivity index (χ2v) is 4.96. The van der Waals surface area contributed by atoms with Crippen LogP contribution in [0.25, 0.3) is 0 Å². The van der Waals surface area contributed by atoms with Crippen LogP contribution in [-0.4, -0.2) is 16.5 Å². The number of aromatic nitrogens is 2. The average molecular weight is 272 g/mol. The molecule has 0 spiro atoms. The number of anilines is 1. The summed E-state index contributed by atoms with van der Waals surface area (Å²) in [6.45, 7) is 5.46. The summed E-state index contributed by atoms with van der Waals surface area (Å²) in [6, 6.07) is 0. The van der Waals surface area contributed by atoms with Gasteiger partial charge in [0.25, 0.3) is 0 Å². The first-order chi connectivity index (χ1) is 7.18. The van der Waals surface area contributed by atoms with Crippen molar-refractivity contribution in [1.82, 2.24) is 9.97 Å². The molecule has 0 aromatic carbocycles. The van der Waals surface area contributed by atoms with Gasteiger partial charge in [-0.15, -0.1) is 0 Å². The van der Waals surface area contributed by atoms with Gasteiger partial charge in [0.15, 0.2) is 0 Å². The summed E-state index contributed by atoms with van der Waals surface area (Å²) in [5, 5.41) is 3.20. The molecule has 1 aromatic heterocycles. The zero-order valence-corrected chi connectivity index (χ0v) is 10.9. The fourth-order valence-corrected chi connectivity index (χ4v) is 1.49. The fourth-order valence-electron chi connectivity index (χ4n) is 1.28. The molecule has 1 N–H and O–H groups in total. The first-order valence-electron chi connectivity index (χ1n) is 5.40. The van der Waals surface area contributed by atoms with E-state index >= 15 is 0 Å². The molecule has 0 aliphatic rings. The SMILES string of the molecule is CC(C)CCCCNc1ncc(Br)cn1. The highest BCUT2D eigenvalue weighted by atomic mass is 79.9. The van der Waals surface area contributed by atoms with Crippen molar-refractivity contribution in [2.75, 3.05) is 11.9 Å². The van der Waals surface area contributed by atoms with Crippen molar-refractivity contribution in [3.05, 3.63) is 16.9 Å². The van der Waals surface area contributed by atoms with Crippen molar-refractivity contribution in [3.8, 4) is 0 Å². The predicted molar refractivity (Wildman–Crippen MR) is 66.9 cm³/mol. The van der Waals surface area contributed by atoms with Crippen molar-refractivity contribution in [3.63, 3.8) is 0 Å². The molecule has 0 aliphatic carbocycles. The molecule has 0 fully saturated rings. The van der Waals surface area contributed by atoms with Gasteiger partial charge in [-0.05, 0) is 28.3 Å². The van der Waals surface area contributed by atoms with Crippen LogP contribution in [0.3, 0.4) is 0 Å². The van der Waals surface area contributed by atoms with E-state index in [-0.39, 0.29) is 0 Å². The van der Waals surface area contributed by atoms with Gasteiger partial charge in [0, 0.05) is 18.9 Å². The number of hydrogen-bond acceptors (Lipinski definition) is 3. The maximum absolute atomic E-state index is 4.14. The Balaban J connectivity index is 2.12. The Kier molecular flexibility index (Phi) is 5.61. The van der Waals surface area contributed by atoms with E-state index in [0.29, 0.717) is 5.95 Å². The Labute approximate surface area is 99.8 Å². The maximum Gasteiger partial charge on any atom is 0.222 e. The first-order valence-corrected chi connectivity index (χ1v) is 6.19. The van der Waals surface area contributed by atoms with Crippen LogP contribution in [0, 0.1) is 5.92 Å². The topological polar surface area (TPSA) is 37.8 Å². The molecule has 84 valence electrons. The lowest BCUT2D eigenvalue weighted by atomic mass is 10.1. The molecule has 0 bridgehead atoms. The number of unbranched alkanes of at least 4 members (excludes halogenated alkanes) is 1. The van der Waals surface area contributed by atoms with Gasteiger partial charge in [-0.2, -0.15) is 0 Å². The Morgan fingerprint density at radius 2 is 1.93 bits per heavy atom. The minimum Gasteiger partial charge on any atom is -0.354 e. The predicted octanol–water partition coefficient (Wildman–Crippen LogP) is 3.48. The van der Waals surface area contributed by atoms with Crippen molar-refractivity contribution in [2.45, 2.75) is 33.1 Å². The van der Waals surface area contributed by atoms with Gasteiger partial charge in [-0.25, -0.2) is 9.97 Å². The summed E-state index contributed by atoms with van der Waals surface area (Å²) in [5.74, 6) is 1.51. The van der Waals surface area contributed by atoms with E-state index in [1.165, 1.54) is 19.3 Å². The zero-order valence-electron chi connectivity index (χ0n) is 9.33. The summed E-state index contributed by atoms with van der Waals surface area (Å²) in [7, 11) is 0. The monoisotopic (exact) mass is 271 g/mol. The van der Waals surface area contributed by atoms with Crippen LogP contribution in [0.15, 0.2) is 16.9 Å². The van der Waals surface area contributed by atoms with Gasteiger partial charge in [-0.3, -0.25) is 0 Å². The van der Waals surface area contributed by atoms with E-state index in [9.17, 15) is 0 Å². The molecule has 1 aromatic rings. The van der Waals surface area contributed by atoms with Gasteiger partial charge in [0.1, 0.15) is 0 Å². The largest absolute Gasteiger partial charge is 0.354 e. The maximum atomic E-state index is 4.14. The number of nitrogens with one attached hydrogen (secondary N) is 1. The lowest BCUT2D eigenvalue weighted by Crippen LogP contribution is -2.05. The quantitative estimate of drug-likeness (QED) is 0.806. The van der Waals surface area contributed by atoms with Crippen molar-refractivity contribution in [2.24, 2.45) is 5.92 Å². The molecule has 3 nitrogen and oxygen atoms in total. The van der Waals surface area contributed by atoms with Gasteiger partial charge in [0.05, 0.1) is 4.47 Å². The first kappa shape index (κ1) is 12.4. The van der Waals surface area contributed by atoms with Crippen molar-refractivity contribution >= 4 is 21.9 Å². The van der Waals surface area contributed by atoms with Crippen LogP contribution in [-0.2, 0) is 0 Å². The molecule has 0 atom stereocenters. The standard InChI is InChI=1S/C11H18BrN3/c1-9(2)5-3-4-6-13-11-14-7-10(12)8-15-11/h7-9H,3-6H2,1-2H3,(H,13,14,15). The summed E-state index contributed by atoms with van der Waals surface area (Å²) in [6.07, 6.45) is 7.24. The molecule has 1 heterocycles. The molecule has 0 unspecified atom stereocenters. The Morgan fingerprint density at radius 1 is 1.27 bits per heavy atom. The van der Waals surface area contributed by atoms with Gasteiger partial charge in [-0.1, -0.05) is 26.7 Å². The molecule has 4 heteroatoms. The number of halogens is 1. The van der Waals surface area contributed by atoms with Crippen LogP contribution in [0.1, 0.15) is 33.1 Å². The average Bonchev–Trinajstić information content (AvgIpc) is 2.20. The molecular formula is C11H18BrN3. The summed E-state index contributed by atoms with van der Waals surface area (Å²) in [5.41, 5.74) is 0. The third-order valence-corrected chi connectivity index (χ3v) is 2.52. The fraction of sp³-hybridized carbons (Fsp3) is 0.636. The molecular weight excluding hydrogens is 254 g/mol. The van der Waals surface area contributed by atoms with Crippen LogP contribution in [0.2, 0.25) is 0 Å². The van der Waals surface area contributed by atoms with Crippen molar-refractivity contribution < 1.29 is 0 Å².